The SMILES string of the molecule is CCC(NC(C)c1csc(Cl)c1)C(C)C. The first-order valence-electron chi connectivity index (χ1n) is 5.54. The highest BCUT2D eigenvalue weighted by molar-refractivity contribution is 7.14. The molecule has 0 bridgehead atoms. The minimum absolute atomic E-state index is 0.390. The summed E-state index contributed by atoms with van der Waals surface area (Å²) in [6.07, 6.45) is 1.17. The zero-order valence-corrected chi connectivity index (χ0v) is 11.5. The molecule has 2 atom stereocenters. The Balaban J connectivity index is 2.58. The maximum atomic E-state index is 5.93. The van der Waals surface area contributed by atoms with Gasteiger partial charge in [-0.3, -0.25) is 0 Å². The molecule has 1 nitrogen and oxygen atoms in total. The summed E-state index contributed by atoms with van der Waals surface area (Å²) in [5, 5.41) is 5.78. The molecule has 0 aliphatic heterocycles. The lowest BCUT2D eigenvalue weighted by molar-refractivity contribution is 0.356. The molecule has 0 radical (unpaired) electrons. The van der Waals surface area contributed by atoms with E-state index in [1.807, 2.05) is 0 Å². The number of nitrogens with one attached hydrogen (secondary N) is 1. The average molecular weight is 246 g/mol. The van der Waals surface area contributed by atoms with Gasteiger partial charge >= 0.3 is 0 Å². The zero-order chi connectivity index (χ0) is 11.4. The topological polar surface area (TPSA) is 12.0 Å². The number of hydrogen-bond donors (Lipinski definition) is 1. The molecule has 0 spiro atoms. The Labute approximate surface area is 102 Å². The molecule has 0 aliphatic rings. The van der Waals surface area contributed by atoms with Crippen molar-refractivity contribution in [3.8, 4) is 0 Å². The molecule has 0 saturated heterocycles. The Bertz CT molecular complexity index is 296. The maximum Gasteiger partial charge on any atom is 0.0931 e. The molecule has 86 valence electrons. The van der Waals surface area contributed by atoms with Crippen molar-refractivity contribution in [1.29, 1.82) is 0 Å². The van der Waals surface area contributed by atoms with Crippen LogP contribution in [0, 0.1) is 5.92 Å². The van der Waals surface area contributed by atoms with Crippen LogP contribution in [0.5, 0.6) is 0 Å². The van der Waals surface area contributed by atoms with Gasteiger partial charge in [-0.25, -0.2) is 0 Å². The van der Waals surface area contributed by atoms with Crippen LogP contribution in [-0.2, 0) is 0 Å². The van der Waals surface area contributed by atoms with Gasteiger partial charge in [0.25, 0.3) is 0 Å². The van der Waals surface area contributed by atoms with Crippen LogP contribution >= 0.6 is 22.9 Å². The van der Waals surface area contributed by atoms with Crippen LogP contribution in [0.15, 0.2) is 11.4 Å². The van der Waals surface area contributed by atoms with E-state index in [2.05, 4.69) is 44.5 Å². The van der Waals surface area contributed by atoms with Gasteiger partial charge in [0.2, 0.25) is 0 Å². The van der Waals surface area contributed by atoms with Crippen LogP contribution in [0.3, 0.4) is 0 Å². The van der Waals surface area contributed by atoms with Gasteiger partial charge in [0.05, 0.1) is 4.34 Å². The summed E-state index contributed by atoms with van der Waals surface area (Å²) in [6, 6.07) is 3.02. The fourth-order valence-electron chi connectivity index (χ4n) is 1.75. The van der Waals surface area contributed by atoms with Crippen LogP contribution < -0.4 is 5.32 Å². The molecule has 0 aliphatic carbocycles. The molecule has 1 aromatic heterocycles. The first kappa shape index (κ1) is 13.0. The molecule has 0 saturated carbocycles. The number of thiophene rings is 1. The summed E-state index contributed by atoms with van der Waals surface area (Å²) < 4.78 is 0.872. The van der Waals surface area contributed by atoms with E-state index in [0.717, 1.165) is 4.34 Å². The summed E-state index contributed by atoms with van der Waals surface area (Å²) in [5.41, 5.74) is 1.30. The Hall–Kier alpha value is -0.0500. The third-order valence-corrected chi connectivity index (χ3v) is 3.91. The second-order valence-electron chi connectivity index (χ2n) is 4.33. The van der Waals surface area contributed by atoms with Gasteiger partial charge in [0.1, 0.15) is 0 Å². The van der Waals surface area contributed by atoms with Gasteiger partial charge in [0, 0.05) is 12.1 Å². The van der Waals surface area contributed by atoms with Crippen LogP contribution in [0.2, 0.25) is 4.34 Å². The summed E-state index contributed by atoms with van der Waals surface area (Å²) in [6.45, 7) is 8.94. The van der Waals surface area contributed by atoms with Crippen LogP contribution in [0.1, 0.15) is 45.7 Å². The van der Waals surface area contributed by atoms with Crippen LogP contribution in [0.4, 0.5) is 0 Å². The van der Waals surface area contributed by atoms with E-state index in [9.17, 15) is 0 Å². The van der Waals surface area contributed by atoms with Gasteiger partial charge in [-0.2, -0.15) is 0 Å². The van der Waals surface area contributed by atoms with Crippen LogP contribution in [0.25, 0.3) is 0 Å². The van der Waals surface area contributed by atoms with E-state index in [0.29, 0.717) is 18.0 Å². The molecule has 1 heterocycles. The molecular weight excluding hydrogens is 226 g/mol. The molecule has 15 heavy (non-hydrogen) atoms. The second kappa shape index (κ2) is 5.88. The molecule has 0 aromatic carbocycles. The standard InChI is InChI=1S/C12H20ClNS/c1-5-11(8(2)3)14-9(4)10-6-12(13)15-7-10/h6-9,11,14H,5H2,1-4H3. The first-order chi connectivity index (χ1) is 7.04. The third kappa shape index (κ3) is 3.78. The van der Waals surface area contributed by atoms with Gasteiger partial charge in [0.15, 0.2) is 0 Å². The van der Waals surface area contributed by atoms with E-state index >= 15 is 0 Å². The van der Waals surface area contributed by atoms with Crippen molar-refractivity contribution < 1.29 is 0 Å². The van der Waals surface area contributed by atoms with E-state index in [1.54, 1.807) is 11.3 Å². The Kier molecular flexibility index (Phi) is 5.10. The molecule has 0 fully saturated rings. The van der Waals surface area contributed by atoms with Crippen molar-refractivity contribution in [2.24, 2.45) is 5.92 Å². The third-order valence-electron chi connectivity index (χ3n) is 2.80. The predicted molar refractivity (Wildman–Crippen MR) is 69.8 cm³/mol. The van der Waals surface area contributed by atoms with Gasteiger partial charge in [-0.05, 0) is 36.3 Å². The average Bonchev–Trinajstić information content (AvgIpc) is 2.60. The normalized spacial score (nSPS) is 15.6. The summed E-state index contributed by atoms with van der Waals surface area (Å²) >= 11 is 7.53. The highest BCUT2D eigenvalue weighted by Crippen LogP contribution is 2.25. The highest BCUT2D eigenvalue weighted by atomic mass is 35.5. The largest absolute Gasteiger partial charge is 0.307 e. The number of rotatable bonds is 5. The van der Waals surface area contributed by atoms with Gasteiger partial charge < -0.3 is 5.32 Å². The van der Waals surface area contributed by atoms with Crippen molar-refractivity contribution in [1.82, 2.24) is 5.32 Å². The van der Waals surface area contributed by atoms with E-state index in [-0.39, 0.29) is 0 Å². The molecule has 0 amide bonds. The molecule has 1 rings (SSSR count). The predicted octanol–water partition coefficient (Wildman–Crippen LogP) is 4.49. The van der Waals surface area contributed by atoms with Crippen molar-refractivity contribution >= 4 is 22.9 Å². The Morgan fingerprint density at radius 3 is 2.47 bits per heavy atom. The lowest BCUT2D eigenvalue weighted by Crippen LogP contribution is -2.34. The first-order valence-corrected chi connectivity index (χ1v) is 6.80. The van der Waals surface area contributed by atoms with E-state index in [1.165, 1.54) is 12.0 Å². The monoisotopic (exact) mass is 245 g/mol. The lowest BCUT2D eigenvalue weighted by Gasteiger charge is -2.25. The minimum Gasteiger partial charge on any atom is -0.307 e. The van der Waals surface area contributed by atoms with Crippen molar-refractivity contribution in [2.75, 3.05) is 0 Å². The van der Waals surface area contributed by atoms with Crippen molar-refractivity contribution in [3.63, 3.8) is 0 Å². The van der Waals surface area contributed by atoms with Gasteiger partial charge in [-0.15, -0.1) is 11.3 Å². The Morgan fingerprint density at radius 2 is 2.07 bits per heavy atom. The Morgan fingerprint density at radius 1 is 1.40 bits per heavy atom. The maximum absolute atomic E-state index is 5.93. The molecule has 3 heteroatoms. The second-order valence-corrected chi connectivity index (χ2v) is 5.87. The molecule has 1 N–H and O–H groups in total. The zero-order valence-electron chi connectivity index (χ0n) is 9.88. The summed E-state index contributed by atoms with van der Waals surface area (Å²) in [4.78, 5) is 0. The summed E-state index contributed by atoms with van der Waals surface area (Å²) in [7, 11) is 0. The van der Waals surface area contributed by atoms with Crippen molar-refractivity contribution in [3.05, 3.63) is 21.3 Å². The van der Waals surface area contributed by atoms with Gasteiger partial charge in [-0.1, -0.05) is 32.4 Å². The van der Waals surface area contributed by atoms with Crippen molar-refractivity contribution in [2.45, 2.75) is 46.2 Å². The smallest absolute Gasteiger partial charge is 0.0931 e. The number of halogens is 1. The minimum atomic E-state index is 0.390. The highest BCUT2D eigenvalue weighted by Gasteiger charge is 2.15. The fourth-order valence-corrected chi connectivity index (χ4v) is 2.73. The van der Waals surface area contributed by atoms with E-state index in [4.69, 9.17) is 11.6 Å². The van der Waals surface area contributed by atoms with Crippen LogP contribution in [-0.4, -0.2) is 6.04 Å². The lowest BCUT2D eigenvalue weighted by atomic mass is 10.00. The quantitative estimate of drug-likeness (QED) is 0.806. The fraction of sp³-hybridized carbons (Fsp3) is 0.667. The molecule has 2 unspecified atom stereocenters. The molecule has 1 aromatic rings. The summed E-state index contributed by atoms with van der Waals surface area (Å²) in [5.74, 6) is 0.673. The molecular formula is C12H20ClNS. The number of hydrogen-bond acceptors (Lipinski definition) is 2. The van der Waals surface area contributed by atoms with E-state index < -0.39 is 0 Å².